The van der Waals surface area contributed by atoms with Crippen LogP contribution in [0.4, 0.5) is 4.79 Å². The minimum absolute atomic E-state index is 0.176. The molecule has 0 unspecified atom stereocenters. The largest absolute Gasteiger partial charge is 0.442 e. The van der Waals surface area contributed by atoms with E-state index in [9.17, 15) is 10.0 Å². The molecule has 0 spiro atoms. The lowest BCUT2D eigenvalue weighted by molar-refractivity contribution is -0.0530. The van der Waals surface area contributed by atoms with Crippen molar-refractivity contribution in [2.24, 2.45) is 0 Å². The number of rotatable bonds is 2. The van der Waals surface area contributed by atoms with Crippen molar-refractivity contribution in [3.63, 3.8) is 0 Å². The van der Waals surface area contributed by atoms with Crippen LogP contribution < -0.4 is 5.41 Å². The fourth-order valence-electron chi connectivity index (χ4n) is 1.23. The van der Waals surface area contributed by atoms with Crippen molar-refractivity contribution in [1.82, 2.24) is 10.5 Å². The molecule has 0 aliphatic rings. The van der Waals surface area contributed by atoms with Crippen LogP contribution in [0, 0.1) is 0 Å². The molecule has 0 aliphatic heterocycles. The molecule has 0 aliphatic carbocycles. The first-order chi connectivity index (χ1) is 8.35. The van der Waals surface area contributed by atoms with Gasteiger partial charge in [-0.25, -0.2) is 4.79 Å². The predicted molar refractivity (Wildman–Crippen MR) is 66.8 cm³/mol. The molecular formula is C13H15N2O3. The second kappa shape index (κ2) is 5.49. The Morgan fingerprint density at radius 2 is 1.89 bits per heavy atom. The maximum atomic E-state index is 11.6. The van der Waals surface area contributed by atoms with Crippen LogP contribution in [-0.4, -0.2) is 27.8 Å². The first-order valence-electron chi connectivity index (χ1n) is 5.39. The number of hydrogen-bond donors (Lipinski definition) is 1. The summed E-state index contributed by atoms with van der Waals surface area (Å²) in [5.41, 5.74) is -0.479. The van der Waals surface area contributed by atoms with E-state index >= 15 is 0 Å². The molecule has 1 amide bonds. The lowest BCUT2D eigenvalue weighted by atomic mass is 10.2. The highest BCUT2D eigenvalue weighted by Gasteiger charge is 2.24. The van der Waals surface area contributed by atoms with Crippen molar-refractivity contribution < 1.29 is 14.7 Å². The van der Waals surface area contributed by atoms with Crippen molar-refractivity contribution in [3.8, 4) is 0 Å². The molecule has 1 aromatic rings. The molecule has 95 valence electrons. The van der Waals surface area contributed by atoms with Gasteiger partial charge in [0, 0.05) is 11.4 Å². The highest BCUT2D eigenvalue weighted by atomic mass is 16.6. The van der Waals surface area contributed by atoms with Crippen molar-refractivity contribution in [1.29, 1.82) is 0 Å². The Labute approximate surface area is 106 Å². The number of carbonyl (C=O) groups excluding carboxylic acids is 1. The third-order valence-corrected chi connectivity index (χ3v) is 1.93. The minimum Gasteiger partial charge on any atom is -0.442 e. The van der Waals surface area contributed by atoms with Crippen LogP contribution in [0.25, 0.3) is 5.70 Å². The quantitative estimate of drug-likeness (QED) is 0.494. The van der Waals surface area contributed by atoms with Crippen LogP contribution in [0.15, 0.2) is 30.3 Å². The molecule has 1 aromatic carbocycles. The molecule has 1 radical (unpaired) electrons. The summed E-state index contributed by atoms with van der Waals surface area (Å²) in [6.45, 7) is 5.02. The summed E-state index contributed by atoms with van der Waals surface area (Å²) in [5.74, 6) is 1.78. The molecule has 5 nitrogen and oxygen atoms in total. The average molecular weight is 247 g/mol. The smallest absolute Gasteiger partial charge is 0.439 e. The summed E-state index contributed by atoms with van der Waals surface area (Å²) >= 11 is 0. The van der Waals surface area contributed by atoms with Gasteiger partial charge in [-0.2, -0.15) is 0 Å². The molecule has 0 bridgehead atoms. The van der Waals surface area contributed by atoms with Gasteiger partial charge >= 0.3 is 6.09 Å². The van der Waals surface area contributed by atoms with Crippen molar-refractivity contribution in [2.45, 2.75) is 26.4 Å². The van der Waals surface area contributed by atoms with E-state index in [1.807, 2.05) is 0 Å². The Hall–Kier alpha value is -2.10. The van der Waals surface area contributed by atoms with Crippen molar-refractivity contribution >= 4 is 17.7 Å². The van der Waals surface area contributed by atoms with E-state index in [-0.39, 0.29) is 10.8 Å². The van der Waals surface area contributed by atoms with E-state index in [1.165, 1.54) is 0 Å². The van der Waals surface area contributed by atoms with Gasteiger partial charge in [-0.3, -0.25) is 5.21 Å². The molecule has 0 saturated heterocycles. The molecule has 0 fully saturated rings. The van der Waals surface area contributed by atoms with Gasteiger partial charge < -0.3 is 4.74 Å². The zero-order valence-corrected chi connectivity index (χ0v) is 10.5. The number of ether oxygens (including phenoxy) is 1. The standard InChI is InChI=1S/C13H15N2O3/c1-13(2,3)18-12(16)15(17)11(9-14)10-7-5-4-6-8-10/h4-8,17H,1-3H3. The zero-order chi connectivity index (χ0) is 13.8. The van der Waals surface area contributed by atoms with Gasteiger partial charge in [-0.05, 0) is 20.8 Å². The molecule has 0 saturated carbocycles. The average Bonchev–Trinajstić information content (AvgIpc) is 2.29. The SMILES string of the molecule is CC(C)(C)OC(=O)N(O)C(=C=[N])c1ccccc1. The molecule has 1 N–H and O–H groups in total. The van der Waals surface area contributed by atoms with E-state index in [0.29, 0.717) is 5.56 Å². The third-order valence-electron chi connectivity index (χ3n) is 1.93. The summed E-state index contributed by atoms with van der Waals surface area (Å²) in [5, 5.41) is 18.9. The number of hydroxylamine groups is 2. The summed E-state index contributed by atoms with van der Waals surface area (Å²) < 4.78 is 4.97. The lowest BCUT2D eigenvalue weighted by Crippen LogP contribution is -2.33. The fourth-order valence-corrected chi connectivity index (χ4v) is 1.23. The second-order valence-corrected chi connectivity index (χ2v) is 4.62. The number of benzene rings is 1. The highest BCUT2D eigenvalue weighted by molar-refractivity contribution is 5.93. The van der Waals surface area contributed by atoms with E-state index in [0.717, 1.165) is 0 Å². The first kappa shape index (κ1) is 14.0. The zero-order valence-electron chi connectivity index (χ0n) is 10.5. The number of amides is 1. The summed E-state index contributed by atoms with van der Waals surface area (Å²) in [6.07, 6.45) is -0.983. The first-order valence-corrected chi connectivity index (χ1v) is 5.39. The Bertz CT molecular complexity index is 471. The molecule has 5 heteroatoms. The number of nitrogens with zero attached hydrogens (tertiary/aromatic N) is 2. The van der Waals surface area contributed by atoms with Crippen LogP contribution in [0.3, 0.4) is 0 Å². The number of carbonyl (C=O) groups is 1. The van der Waals surface area contributed by atoms with Crippen molar-refractivity contribution in [2.75, 3.05) is 0 Å². The van der Waals surface area contributed by atoms with Crippen LogP contribution in [0.1, 0.15) is 26.3 Å². The Morgan fingerprint density at radius 1 is 1.33 bits per heavy atom. The Morgan fingerprint density at radius 3 is 2.33 bits per heavy atom. The monoisotopic (exact) mass is 247 g/mol. The Kier molecular flexibility index (Phi) is 4.26. The topological polar surface area (TPSA) is 72.1 Å². The van der Waals surface area contributed by atoms with Crippen LogP contribution in [0.2, 0.25) is 0 Å². The molecule has 1 rings (SSSR count). The van der Waals surface area contributed by atoms with Gasteiger partial charge in [-0.15, -0.1) is 5.06 Å². The second-order valence-electron chi connectivity index (χ2n) is 4.62. The van der Waals surface area contributed by atoms with Crippen LogP contribution in [0.5, 0.6) is 0 Å². The normalized spacial score (nSPS) is 10.4. The van der Waals surface area contributed by atoms with E-state index in [2.05, 4.69) is 0 Å². The summed E-state index contributed by atoms with van der Waals surface area (Å²) in [4.78, 5) is 11.6. The van der Waals surface area contributed by atoms with Crippen LogP contribution >= 0.6 is 0 Å². The summed E-state index contributed by atoms with van der Waals surface area (Å²) in [6, 6.07) is 8.41. The molecule has 0 aromatic heterocycles. The van der Waals surface area contributed by atoms with Gasteiger partial charge in [0.15, 0.2) is 0 Å². The molecule has 0 heterocycles. The van der Waals surface area contributed by atoms with E-state index in [4.69, 9.17) is 10.1 Å². The highest BCUT2D eigenvalue weighted by Crippen LogP contribution is 2.17. The van der Waals surface area contributed by atoms with Gasteiger partial charge in [0.2, 0.25) is 0 Å². The van der Waals surface area contributed by atoms with Gasteiger partial charge in [0.05, 0.1) is 0 Å². The molecular weight excluding hydrogens is 232 g/mol. The van der Waals surface area contributed by atoms with Gasteiger partial charge in [0.1, 0.15) is 11.3 Å². The third kappa shape index (κ3) is 3.73. The number of hydrogen-bond acceptors (Lipinski definition) is 3. The predicted octanol–water partition coefficient (Wildman–Crippen LogP) is 2.12. The van der Waals surface area contributed by atoms with E-state index in [1.54, 1.807) is 57.0 Å². The van der Waals surface area contributed by atoms with Crippen molar-refractivity contribution in [3.05, 3.63) is 35.9 Å². The van der Waals surface area contributed by atoms with Gasteiger partial charge in [-0.1, -0.05) is 35.7 Å². The minimum atomic E-state index is -0.983. The van der Waals surface area contributed by atoms with Gasteiger partial charge in [0.25, 0.3) is 0 Å². The fraction of sp³-hybridized carbons (Fsp3) is 0.308. The Balaban J connectivity index is 2.92. The molecule has 18 heavy (non-hydrogen) atoms. The van der Waals surface area contributed by atoms with Crippen LogP contribution in [-0.2, 0) is 4.74 Å². The molecule has 0 atom stereocenters. The van der Waals surface area contributed by atoms with E-state index < -0.39 is 11.7 Å². The summed E-state index contributed by atoms with van der Waals surface area (Å²) in [7, 11) is 0. The maximum absolute atomic E-state index is 11.6. The maximum Gasteiger partial charge on any atom is 0.439 e. The lowest BCUT2D eigenvalue weighted by Gasteiger charge is -2.23.